The summed E-state index contributed by atoms with van der Waals surface area (Å²) in [6.07, 6.45) is 0.334. The molecule has 2 heterocycles. The Kier molecular flexibility index (Phi) is 5.78. The minimum Gasteiger partial charge on any atom is -0.389 e. The summed E-state index contributed by atoms with van der Waals surface area (Å²) in [4.78, 5) is 5.46. The molecule has 1 atom stereocenters. The number of rotatable bonds is 8. The van der Waals surface area contributed by atoms with Crippen molar-refractivity contribution in [1.82, 2.24) is 9.66 Å². The topological polar surface area (TPSA) is 59.3 Å². The molecule has 0 amide bonds. The molecular weight excluding hydrogens is 286 g/mol. The van der Waals surface area contributed by atoms with Crippen LogP contribution >= 0.6 is 11.3 Å². The molecule has 0 radical (unpaired) electrons. The average molecular weight is 309 g/mol. The average Bonchev–Trinajstić information content (AvgIpc) is 3.00. The fourth-order valence-electron chi connectivity index (χ4n) is 2.12. The fourth-order valence-corrected chi connectivity index (χ4v) is 2.89. The lowest BCUT2D eigenvalue weighted by molar-refractivity contribution is 0.0436. The summed E-state index contributed by atoms with van der Waals surface area (Å²) in [6.45, 7) is 7.48. The quantitative estimate of drug-likeness (QED) is 0.733. The normalized spacial score (nSPS) is 12.6. The van der Waals surface area contributed by atoms with Gasteiger partial charge in [0.25, 0.3) is 0 Å². The number of aliphatic hydroxyl groups is 1. The van der Waals surface area contributed by atoms with Crippen molar-refractivity contribution >= 4 is 11.3 Å². The van der Waals surface area contributed by atoms with Gasteiger partial charge < -0.3 is 15.3 Å². The van der Waals surface area contributed by atoms with Gasteiger partial charge in [-0.2, -0.15) is 0 Å². The number of nitrogens with zero attached hydrogens (tertiary/aromatic N) is 2. The van der Waals surface area contributed by atoms with Gasteiger partial charge in [0, 0.05) is 22.7 Å². The SMILES string of the molecule is Cc1ncsc1CCOCC(O)CNn1c(C)ccc1C. The predicted molar refractivity (Wildman–Crippen MR) is 85.5 cm³/mol. The molecule has 2 aromatic rings. The van der Waals surface area contributed by atoms with E-state index in [1.807, 2.05) is 43.1 Å². The summed E-state index contributed by atoms with van der Waals surface area (Å²) in [5, 5.41) is 9.93. The van der Waals surface area contributed by atoms with Gasteiger partial charge >= 0.3 is 0 Å². The van der Waals surface area contributed by atoms with Crippen LogP contribution in [0.5, 0.6) is 0 Å². The largest absolute Gasteiger partial charge is 0.389 e. The summed E-state index contributed by atoms with van der Waals surface area (Å²) < 4.78 is 7.51. The van der Waals surface area contributed by atoms with E-state index in [1.165, 1.54) is 4.88 Å². The van der Waals surface area contributed by atoms with Crippen LogP contribution in [0.3, 0.4) is 0 Å². The molecule has 0 aliphatic heterocycles. The number of hydrogen-bond acceptors (Lipinski definition) is 5. The van der Waals surface area contributed by atoms with Gasteiger partial charge in [-0.1, -0.05) is 0 Å². The Balaban J connectivity index is 1.64. The number of aromatic nitrogens is 2. The first-order chi connectivity index (χ1) is 10.1. The molecule has 6 heteroatoms. The number of nitrogens with one attached hydrogen (secondary N) is 1. The van der Waals surface area contributed by atoms with Gasteiger partial charge in [0.05, 0.1) is 37.1 Å². The van der Waals surface area contributed by atoms with Gasteiger partial charge in [0.2, 0.25) is 0 Å². The molecule has 0 fully saturated rings. The Hall–Kier alpha value is -1.37. The maximum absolute atomic E-state index is 9.93. The smallest absolute Gasteiger partial charge is 0.0961 e. The predicted octanol–water partition coefficient (Wildman–Crippen LogP) is 2.03. The summed E-state index contributed by atoms with van der Waals surface area (Å²) in [5.41, 5.74) is 8.38. The van der Waals surface area contributed by atoms with E-state index >= 15 is 0 Å². The van der Waals surface area contributed by atoms with Crippen LogP contribution in [0.25, 0.3) is 0 Å². The third-order valence-electron chi connectivity index (χ3n) is 3.38. The molecule has 0 spiro atoms. The second-order valence-electron chi connectivity index (χ2n) is 5.15. The van der Waals surface area contributed by atoms with E-state index in [4.69, 9.17) is 4.74 Å². The number of aryl methyl sites for hydroxylation is 3. The van der Waals surface area contributed by atoms with E-state index in [9.17, 15) is 5.11 Å². The minimum atomic E-state index is -0.520. The molecule has 0 aliphatic carbocycles. The van der Waals surface area contributed by atoms with Gasteiger partial charge in [-0.25, -0.2) is 4.98 Å². The van der Waals surface area contributed by atoms with Crippen LogP contribution in [-0.2, 0) is 11.2 Å². The highest BCUT2D eigenvalue weighted by Gasteiger charge is 2.07. The van der Waals surface area contributed by atoms with Gasteiger partial charge in [-0.15, -0.1) is 11.3 Å². The van der Waals surface area contributed by atoms with Crippen molar-refractivity contribution in [2.75, 3.05) is 25.2 Å². The Morgan fingerprint density at radius 3 is 2.67 bits per heavy atom. The van der Waals surface area contributed by atoms with Crippen molar-refractivity contribution in [3.05, 3.63) is 39.6 Å². The number of ether oxygens (including phenoxy) is 1. The lowest BCUT2D eigenvalue weighted by Gasteiger charge is -2.16. The van der Waals surface area contributed by atoms with E-state index < -0.39 is 6.10 Å². The van der Waals surface area contributed by atoms with Crippen LogP contribution in [0.1, 0.15) is 22.0 Å². The number of hydrogen-bond donors (Lipinski definition) is 2. The van der Waals surface area contributed by atoms with Crippen LogP contribution in [0, 0.1) is 20.8 Å². The van der Waals surface area contributed by atoms with Gasteiger partial charge in [-0.3, -0.25) is 4.68 Å². The number of thiazole rings is 1. The van der Waals surface area contributed by atoms with E-state index in [0.717, 1.165) is 23.5 Å². The van der Waals surface area contributed by atoms with Crippen molar-refractivity contribution in [2.45, 2.75) is 33.3 Å². The van der Waals surface area contributed by atoms with Crippen LogP contribution in [-0.4, -0.2) is 40.6 Å². The molecule has 21 heavy (non-hydrogen) atoms. The van der Waals surface area contributed by atoms with E-state index in [-0.39, 0.29) is 0 Å². The van der Waals surface area contributed by atoms with Gasteiger partial charge in [0.1, 0.15) is 0 Å². The Labute approximate surface area is 129 Å². The molecule has 0 aromatic carbocycles. The third kappa shape index (κ3) is 4.56. The zero-order valence-corrected chi connectivity index (χ0v) is 13.6. The summed E-state index contributed by atoms with van der Waals surface area (Å²) >= 11 is 1.65. The molecule has 2 rings (SSSR count). The third-order valence-corrected chi connectivity index (χ3v) is 4.38. The first-order valence-corrected chi connectivity index (χ1v) is 7.99. The highest BCUT2D eigenvalue weighted by molar-refractivity contribution is 7.09. The zero-order chi connectivity index (χ0) is 15.2. The van der Waals surface area contributed by atoms with E-state index in [2.05, 4.69) is 10.4 Å². The summed E-state index contributed by atoms with van der Waals surface area (Å²) in [7, 11) is 0. The monoisotopic (exact) mass is 309 g/mol. The molecule has 1 unspecified atom stereocenters. The molecule has 2 N–H and O–H groups in total. The standard InChI is InChI=1S/C15H23N3O2S/c1-11-4-5-12(2)18(11)17-8-14(19)9-20-7-6-15-13(3)16-10-21-15/h4-5,10,14,17,19H,6-9H2,1-3H3. The lowest BCUT2D eigenvalue weighted by atomic mass is 10.3. The van der Waals surface area contributed by atoms with Crippen LogP contribution in [0.4, 0.5) is 0 Å². The molecule has 0 aliphatic rings. The second kappa shape index (κ2) is 7.59. The maximum atomic E-state index is 9.93. The lowest BCUT2D eigenvalue weighted by Crippen LogP contribution is -2.30. The second-order valence-corrected chi connectivity index (χ2v) is 6.09. The Morgan fingerprint density at radius 2 is 2.05 bits per heavy atom. The fraction of sp³-hybridized carbons (Fsp3) is 0.533. The van der Waals surface area contributed by atoms with Gasteiger partial charge in [0.15, 0.2) is 0 Å². The minimum absolute atomic E-state index is 0.338. The molecule has 2 aromatic heterocycles. The first kappa shape index (κ1) is 16.0. The Morgan fingerprint density at radius 1 is 1.33 bits per heavy atom. The van der Waals surface area contributed by atoms with Crippen molar-refractivity contribution in [2.24, 2.45) is 0 Å². The number of aliphatic hydroxyl groups excluding tert-OH is 1. The summed E-state index contributed by atoms with van der Waals surface area (Å²) in [5.74, 6) is 0. The molecular formula is C15H23N3O2S. The van der Waals surface area contributed by atoms with Crippen molar-refractivity contribution in [3.8, 4) is 0 Å². The molecule has 0 saturated carbocycles. The maximum Gasteiger partial charge on any atom is 0.0961 e. The molecule has 116 valence electrons. The molecule has 5 nitrogen and oxygen atoms in total. The van der Waals surface area contributed by atoms with E-state index in [0.29, 0.717) is 19.8 Å². The van der Waals surface area contributed by atoms with E-state index in [1.54, 1.807) is 11.3 Å². The summed E-state index contributed by atoms with van der Waals surface area (Å²) in [6, 6.07) is 4.09. The first-order valence-electron chi connectivity index (χ1n) is 7.11. The molecule has 0 saturated heterocycles. The molecule has 0 bridgehead atoms. The Bertz CT molecular complexity index is 546. The van der Waals surface area contributed by atoms with Crippen molar-refractivity contribution < 1.29 is 9.84 Å². The van der Waals surface area contributed by atoms with Crippen LogP contribution in [0.15, 0.2) is 17.6 Å². The van der Waals surface area contributed by atoms with Crippen LogP contribution < -0.4 is 5.43 Å². The van der Waals surface area contributed by atoms with Crippen molar-refractivity contribution in [1.29, 1.82) is 0 Å². The van der Waals surface area contributed by atoms with Crippen molar-refractivity contribution in [3.63, 3.8) is 0 Å². The highest BCUT2D eigenvalue weighted by atomic mass is 32.1. The highest BCUT2D eigenvalue weighted by Crippen LogP contribution is 2.12. The van der Waals surface area contributed by atoms with Gasteiger partial charge in [-0.05, 0) is 32.9 Å². The van der Waals surface area contributed by atoms with Crippen LogP contribution in [0.2, 0.25) is 0 Å². The zero-order valence-electron chi connectivity index (χ0n) is 12.8.